The lowest BCUT2D eigenvalue weighted by atomic mass is 10.1. The van der Waals surface area contributed by atoms with E-state index in [1.54, 1.807) is 11.0 Å². The summed E-state index contributed by atoms with van der Waals surface area (Å²) in [4.78, 5) is 27.3. The van der Waals surface area contributed by atoms with Crippen LogP contribution in [0.4, 0.5) is 13.2 Å². The van der Waals surface area contributed by atoms with Crippen molar-refractivity contribution >= 4 is 23.6 Å². The monoisotopic (exact) mass is 360 g/mol. The molecule has 0 spiro atoms. The molecule has 1 aromatic carbocycles. The van der Waals surface area contributed by atoms with Crippen molar-refractivity contribution in [2.24, 2.45) is 0 Å². The van der Waals surface area contributed by atoms with Gasteiger partial charge < -0.3 is 9.80 Å². The third kappa shape index (κ3) is 4.90. The number of carbonyl (C=O) groups excluding carboxylic acids is 2. The van der Waals surface area contributed by atoms with Crippen molar-refractivity contribution in [2.75, 3.05) is 31.6 Å². The van der Waals surface area contributed by atoms with Gasteiger partial charge in [0.2, 0.25) is 11.8 Å². The van der Waals surface area contributed by atoms with Crippen LogP contribution in [0.3, 0.4) is 0 Å². The van der Waals surface area contributed by atoms with E-state index in [0.29, 0.717) is 31.0 Å². The molecule has 8 heteroatoms. The molecule has 0 radical (unpaired) electrons. The molecule has 1 aliphatic rings. The first kappa shape index (κ1) is 18.6. The lowest BCUT2D eigenvalue weighted by Gasteiger charge is -2.22. The van der Waals surface area contributed by atoms with Crippen LogP contribution in [0.25, 0.3) is 0 Å². The Morgan fingerprint density at radius 3 is 2.67 bits per heavy atom. The van der Waals surface area contributed by atoms with Gasteiger partial charge in [-0.3, -0.25) is 9.59 Å². The topological polar surface area (TPSA) is 40.6 Å². The standard InChI is InChI=1S/C16H19F3N2O2S/c1-24-11-15(23)20-6-5-14(22)21(8-7-20)10-12-3-2-4-13(9-12)16(17,18)19/h2-4,9H,5-8,10-11H2,1H3. The van der Waals surface area contributed by atoms with Crippen LogP contribution in [-0.4, -0.2) is 53.3 Å². The molecule has 0 bridgehead atoms. The summed E-state index contributed by atoms with van der Waals surface area (Å²) in [6.45, 7) is 1.21. The molecular formula is C16H19F3N2O2S. The molecule has 0 unspecified atom stereocenters. The van der Waals surface area contributed by atoms with Crippen molar-refractivity contribution in [1.29, 1.82) is 0 Å². The predicted octanol–water partition coefficient (Wildman–Crippen LogP) is 2.63. The number of hydrogen-bond acceptors (Lipinski definition) is 3. The van der Waals surface area contributed by atoms with E-state index in [1.807, 2.05) is 6.26 Å². The lowest BCUT2D eigenvalue weighted by Crippen LogP contribution is -2.36. The zero-order valence-electron chi connectivity index (χ0n) is 13.3. The van der Waals surface area contributed by atoms with Crippen molar-refractivity contribution in [1.82, 2.24) is 9.80 Å². The van der Waals surface area contributed by atoms with Gasteiger partial charge in [0.15, 0.2) is 0 Å². The minimum atomic E-state index is -4.40. The number of nitrogens with zero attached hydrogens (tertiary/aromatic N) is 2. The average molecular weight is 360 g/mol. The summed E-state index contributed by atoms with van der Waals surface area (Å²) >= 11 is 1.42. The Balaban J connectivity index is 2.05. The smallest absolute Gasteiger partial charge is 0.340 e. The Labute approximate surface area is 143 Å². The molecule has 132 valence electrons. The van der Waals surface area contributed by atoms with Gasteiger partial charge in [-0.15, -0.1) is 0 Å². The minimum absolute atomic E-state index is 0.0174. The molecular weight excluding hydrogens is 341 g/mol. The van der Waals surface area contributed by atoms with Crippen LogP contribution >= 0.6 is 11.8 Å². The van der Waals surface area contributed by atoms with E-state index in [-0.39, 0.29) is 24.8 Å². The molecule has 1 fully saturated rings. The number of amides is 2. The minimum Gasteiger partial charge on any atom is -0.340 e. The van der Waals surface area contributed by atoms with Gasteiger partial charge in [0, 0.05) is 32.6 Å². The van der Waals surface area contributed by atoms with Crippen molar-refractivity contribution in [3.05, 3.63) is 35.4 Å². The third-order valence-corrected chi connectivity index (χ3v) is 4.37. The summed E-state index contributed by atoms with van der Waals surface area (Å²) in [5.74, 6) is 0.199. The maximum Gasteiger partial charge on any atom is 0.416 e. The van der Waals surface area contributed by atoms with Gasteiger partial charge in [-0.2, -0.15) is 24.9 Å². The van der Waals surface area contributed by atoms with Gasteiger partial charge in [-0.1, -0.05) is 12.1 Å². The van der Waals surface area contributed by atoms with Crippen molar-refractivity contribution < 1.29 is 22.8 Å². The van der Waals surface area contributed by atoms with E-state index in [0.717, 1.165) is 12.1 Å². The second kappa shape index (κ2) is 7.92. The highest BCUT2D eigenvalue weighted by molar-refractivity contribution is 7.99. The molecule has 0 aromatic heterocycles. The second-order valence-corrected chi connectivity index (χ2v) is 6.44. The molecule has 4 nitrogen and oxygen atoms in total. The summed E-state index contributed by atoms with van der Waals surface area (Å²) in [6.07, 6.45) is -2.38. The molecule has 1 saturated heterocycles. The number of alkyl halides is 3. The summed E-state index contributed by atoms with van der Waals surface area (Å²) in [5, 5.41) is 0. The highest BCUT2D eigenvalue weighted by Gasteiger charge is 2.31. The van der Waals surface area contributed by atoms with Crippen molar-refractivity contribution in [3.63, 3.8) is 0 Å². The number of halogens is 3. The predicted molar refractivity (Wildman–Crippen MR) is 86.4 cm³/mol. The third-order valence-electron chi connectivity index (χ3n) is 3.84. The van der Waals surface area contributed by atoms with Crippen molar-refractivity contribution in [3.8, 4) is 0 Å². The summed E-state index contributed by atoms with van der Waals surface area (Å²) in [5.41, 5.74) is -0.291. The van der Waals surface area contributed by atoms with Gasteiger partial charge in [0.25, 0.3) is 0 Å². The molecule has 24 heavy (non-hydrogen) atoms. The van der Waals surface area contributed by atoms with Crippen LogP contribution in [0.2, 0.25) is 0 Å². The molecule has 0 N–H and O–H groups in total. The van der Waals surface area contributed by atoms with Crippen LogP contribution in [0.15, 0.2) is 24.3 Å². The molecule has 0 saturated carbocycles. The highest BCUT2D eigenvalue weighted by Crippen LogP contribution is 2.29. The maximum atomic E-state index is 12.8. The Kier molecular flexibility index (Phi) is 6.15. The molecule has 1 heterocycles. The first-order chi connectivity index (χ1) is 11.3. The number of rotatable bonds is 4. The number of thioether (sulfide) groups is 1. The number of hydrogen-bond donors (Lipinski definition) is 0. The lowest BCUT2D eigenvalue weighted by molar-refractivity contribution is -0.137. The van der Waals surface area contributed by atoms with E-state index in [1.165, 1.54) is 22.7 Å². The van der Waals surface area contributed by atoms with E-state index in [2.05, 4.69) is 0 Å². The SMILES string of the molecule is CSCC(=O)N1CCC(=O)N(Cc2cccc(C(F)(F)F)c2)CC1. The van der Waals surface area contributed by atoms with Gasteiger partial charge in [0.05, 0.1) is 11.3 Å². The molecule has 2 rings (SSSR count). The summed E-state index contributed by atoms with van der Waals surface area (Å²) < 4.78 is 38.3. The van der Waals surface area contributed by atoms with Gasteiger partial charge in [-0.05, 0) is 24.0 Å². The quantitative estimate of drug-likeness (QED) is 0.829. The first-order valence-electron chi connectivity index (χ1n) is 7.52. The second-order valence-electron chi connectivity index (χ2n) is 5.58. The van der Waals surface area contributed by atoms with Crippen LogP contribution in [0.5, 0.6) is 0 Å². The molecule has 0 atom stereocenters. The Bertz CT molecular complexity index is 607. The van der Waals surface area contributed by atoms with Crippen LogP contribution in [-0.2, 0) is 22.3 Å². The Morgan fingerprint density at radius 1 is 1.25 bits per heavy atom. The van der Waals surface area contributed by atoms with Crippen LogP contribution in [0, 0.1) is 0 Å². The largest absolute Gasteiger partial charge is 0.416 e. The Hall–Kier alpha value is -1.70. The van der Waals surface area contributed by atoms with E-state index in [4.69, 9.17) is 0 Å². The molecule has 2 amide bonds. The zero-order chi connectivity index (χ0) is 17.7. The van der Waals surface area contributed by atoms with Gasteiger partial charge in [-0.25, -0.2) is 0 Å². The maximum absolute atomic E-state index is 12.8. The fourth-order valence-electron chi connectivity index (χ4n) is 2.56. The number of benzene rings is 1. The fraction of sp³-hybridized carbons (Fsp3) is 0.500. The van der Waals surface area contributed by atoms with Crippen LogP contribution < -0.4 is 0 Å². The first-order valence-corrected chi connectivity index (χ1v) is 8.91. The number of carbonyl (C=O) groups is 2. The van der Waals surface area contributed by atoms with E-state index < -0.39 is 11.7 Å². The van der Waals surface area contributed by atoms with E-state index in [9.17, 15) is 22.8 Å². The molecule has 0 aliphatic carbocycles. The summed E-state index contributed by atoms with van der Waals surface area (Å²) in [7, 11) is 0. The van der Waals surface area contributed by atoms with Gasteiger partial charge in [0.1, 0.15) is 0 Å². The summed E-state index contributed by atoms with van der Waals surface area (Å²) in [6, 6.07) is 4.99. The van der Waals surface area contributed by atoms with E-state index >= 15 is 0 Å². The average Bonchev–Trinajstić information content (AvgIpc) is 2.70. The Morgan fingerprint density at radius 2 is 2.00 bits per heavy atom. The normalized spacial score (nSPS) is 16.2. The highest BCUT2D eigenvalue weighted by atomic mass is 32.2. The van der Waals surface area contributed by atoms with Crippen molar-refractivity contribution in [2.45, 2.75) is 19.1 Å². The fourth-order valence-corrected chi connectivity index (χ4v) is 2.99. The molecule has 1 aromatic rings. The molecule has 1 aliphatic heterocycles. The van der Waals surface area contributed by atoms with Gasteiger partial charge >= 0.3 is 6.18 Å². The zero-order valence-corrected chi connectivity index (χ0v) is 14.1. The van der Waals surface area contributed by atoms with Crippen LogP contribution in [0.1, 0.15) is 17.5 Å².